The number of hydrogen-bond acceptors (Lipinski definition) is 2. The van der Waals surface area contributed by atoms with E-state index in [-0.39, 0.29) is 21.9 Å². The molecule has 1 N–H and O–H groups in total. The van der Waals surface area contributed by atoms with E-state index < -0.39 is 4.83 Å². The first kappa shape index (κ1) is 15.5. The lowest BCUT2D eigenvalue weighted by Crippen LogP contribution is -2.19. The molecule has 104 valence electrons. The van der Waals surface area contributed by atoms with Gasteiger partial charge in [-0.3, -0.25) is 4.79 Å². The second kappa shape index (κ2) is 6.74. The summed E-state index contributed by atoms with van der Waals surface area (Å²) < 4.78 is 0. The Labute approximate surface area is 139 Å². The van der Waals surface area contributed by atoms with Crippen molar-refractivity contribution in [2.75, 3.05) is 0 Å². The molecule has 0 radical (unpaired) electrons. The average molecular weight is 419 g/mol. The van der Waals surface area contributed by atoms with Crippen LogP contribution in [0, 0.1) is 0 Å². The Kier molecular flexibility index (Phi) is 5.24. The van der Waals surface area contributed by atoms with Crippen LogP contribution in [0.5, 0.6) is 5.75 Å². The molecule has 2 aromatic carbocycles. The van der Waals surface area contributed by atoms with E-state index >= 15 is 0 Å². The number of carbonyl (C=O) groups is 1. The Morgan fingerprint density at radius 3 is 2.40 bits per heavy atom. The van der Waals surface area contributed by atoms with Crippen LogP contribution in [0.4, 0.5) is 0 Å². The summed E-state index contributed by atoms with van der Waals surface area (Å²) in [5, 5.41) is 10.2. The number of phenols is 1. The maximum atomic E-state index is 12.4. The van der Waals surface area contributed by atoms with Gasteiger partial charge in [-0.1, -0.05) is 73.8 Å². The minimum atomic E-state index is -0.505. The van der Waals surface area contributed by atoms with Gasteiger partial charge in [0.05, 0.1) is 15.2 Å². The zero-order valence-corrected chi connectivity index (χ0v) is 14.2. The van der Waals surface area contributed by atoms with Crippen molar-refractivity contribution >= 4 is 49.2 Å². The van der Waals surface area contributed by atoms with Crippen molar-refractivity contribution in [1.82, 2.24) is 0 Å². The SMILES string of the molecule is O=C(c1cc(Cl)ccc1O)[C@@H](Br)[C@H](Br)c1ccccc1. The van der Waals surface area contributed by atoms with Gasteiger partial charge in [0.2, 0.25) is 0 Å². The Hall–Kier alpha value is -0.840. The molecule has 0 spiro atoms. The van der Waals surface area contributed by atoms with Crippen molar-refractivity contribution in [2.24, 2.45) is 0 Å². The summed E-state index contributed by atoms with van der Waals surface area (Å²) in [5.41, 5.74) is 1.18. The molecule has 0 aliphatic heterocycles. The number of Topliss-reactive ketones (excluding diaryl/α,β-unsaturated/α-hetero) is 1. The van der Waals surface area contributed by atoms with E-state index in [2.05, 4.69) is 31.9 Å². The molecule has 0 fully saturated rings. The number of aromatic hydroxyl groups is 1. The van der Waals surface area contributed by atoms with Crippen LogP contribution in [0.15, 0.2) is 48.5 Å². The van der Waals surface area contributed by atoms with Crippen LogP contribution in [0.3, 0.4) is 0 Å². The minimum absolute atomic E-state index is 0.0726. The summed E-state index contributed by atoms with van der Waals surface area (Å²) in [6, 6.07) is 14.0. The Morgan fingerprint density at radius 2 is 1.75 bits per heavy atom. The second-order valence-corrected chi connectivity index (χ2v) is 6.65. The van der Waals surface area contributed by atoms with Gasteiger partial charge in [0, 0.05) is 5.02 Å². The van der Waals surface area contributed by atoms with Crippen molar-refractivity contribution in [3.05, 3.63) is 64.7 Å². The Balaban J connectivity index is 2.27. The summed E-state index contributed by atoms with van der Waals surface area (Å²) in [6.07, 6.45) is 0. The molecule has 0 aliphatic carbocycles. The lowest BCUT2D eigenvalue weighted by molar-refractivity contribution is 0.0988. The summed E-state index contributed by atoms with van der Waals surface area (Å²) in [5.74, 6) is -0.299. The Bertz CT molecular complexity index is 617. The first-order chi connectivity index (χ1) is 9.50. The molecule has 0 aromatic heterocycles. The van der Waals surface area contributed by atoms with Gasteiger partial charge in [-0.25, -0.2) is 0 Å². The highest BCUT2D eigenvalue weighted by Gasteiger charge is 2.27. The zero-order chi connectivity index (χ0) is 14.7. The van der Waals surface area contributed by atoms with Gasteiger partial charge in [0.25, 0.3) is 0 Å². The lowest BCUT2D eigenvalue weighted by atomic mass is 10.0. The number of halogens is 3. The molecule has 0 saturated heterocycles. The number of benzene rings is 2. The monoisotopic (exact) mass is 416 g/mol. The van der Waals surface area contributed by atoms with Crippen LogP contribution >= 0.6 is 43.5 Å². The molecule has 2 rings (SSSR count). The maximum Gasteiger partial charge on any atom is 0.181 e. The van der Waals surface area contributed by atoms with Crippen molar-refractivity contribution in [3.63, 3.8) is 0 Å². The third kappa shape index (κ3) is 3.43. The van der Waals surface area contributed by atoms with Crippen molar-refractivity contribution in [1.29, 1.82) is 0 Å². The van der Waals surface area contributed by atoms with E-state index in [1.165, 1.54) is 12.1 Å². The number of alkyl halides is 2. The fraction of sp³-hybridized carbons (Fsp3) is 0.133. The molecule has 20 heavy (non-hydrogen) atoms. The fourth-order valence-electron chi connectivity index (χ4n) is 1.79. The van der Waals surface area contributed by atoms with Crippen LogP contribution in [0.2, 0.25) is 5.02 Å². The van der Waals surface area contributed by atoms with Gasteiger partial charge < -0.3 is 5.11 Å². The van der Waals surface area contributed by atoms with Crippen LogP contribution in [-0.4, -0.2) is 15.7 Å². The predicted molar refractivity (Wildman–Crippen MR) is 88.3 cm³/mol. The highest BCUT2D eigenvalue weighted by Crippen LogP contribution is 2.35. The molecule has 2 nitrogen and oxygen atoms in total. The molecule has 2 aromatic rings. The molecule has 2 atom stereocenters. The molecule has 0 bridgehead atoms. The van der Waals surface area contributed by atoms with E-state index in [1.807, 2.05) is 30.3 Å². The van der Waals surface area contributed by atoms with Crippen molar-refractivity contribution in [3.8, 4) is 5.75 Å². The highest BCUT2D eigenvalue weighted by molar-refractivity contribution is 9.12. The first-order valence-electron chi connectivity index (χ1n) is 5.86. The van der Waals surface area contributed by atoms with Crippen LogP contribution < -0.4 is 0 Å². The third-order valence-electron chi connectivity index (χ3n) is 2.85. The predicted octanol–water partition coefficient (Wildman–Crippen LogP) is 5.13. The molecule has 0 aliphatic rings. The van der Waals surface area contributed by atoms with Crippen LogP contribution in [0.25, 0.3) is 0 Å². The standard InChI is InChI=1S/C15H11Br2ClO2/c16-13(9-4-2-1-3-5-9)14(17)15(20)11-8-10(18)6-7-12(11)19/h1-8,13-14,19H/t13-,14+/m1/s1. The zero-order valence-electron chi connectivity index (χ0n) is 10.3. The van der Waals surface area contributed by atoms with E-state index in [9.17, 15) is 9.90 Å². The molecule has 5 heteroatoms. The van der Waals surface area contributed by atoms with E-state index in [1.54, 1.807) is 6.07 Å². The van der Waals surface area contributed by atoms with Gasteiger partial charge >= 0.3 is 0 Å². The third-order valence-corrected chi connectivity index (χ3v) is 5.80. The summed E-state index contributed by atoms with van der Waals surface area (Å²) in [4.78, 5) is 11.7. The number of ketones is 1. The van der Waals surface area contributed by atoms with Crippen molar-refractivity contribution < 1.29 is 9.90 Å². The van der Waals surface area contributed by atoms with E-state index in [0.717, 1.165) is 5.56 Å². The minimum Gasteiger partial charge on any atom is -0.507 e. The fourth-order valence-corrected chi connectivity index (χ4v) is 3.06. The quantitative estimate of drug-likeness (QED) is 0.552. The number of carbonyl (C=O) groups excluding carboxylic acids is 1. The van der Waals surface area contributed by atoms with Crippen LogP contribution in [-0.2, 0) is 0 Å². The first-order valence-corrected chi connectivity index (χ1v) is 8.07. The van der Waals surface area contributed by atoms with Crippen LogP contribution in [0.1, 0.15) is 20.7 Å². The smallest absolute Gasteiger partial charge is 0.181 e. The molecular formula is C15H11Br2ClO2. The average Bonchev–Trinajstić information content (AvgIpc) is 2.48. The molecule has 0 heterocycles. The van der Waals surface area contributed by atoms with Gasteiger partial charge in [-0.05, 0) is 23.8 Å². The highest BCUT2D eigenvalue weighted by atomic mass is 79.9. The van der Waals surface area contributed by atoms with E-state index in [4.69, 9.17) is 11.6 Å². The van der Waals surface area contributed by atoms with Gasteiger partial charge in [0.15, 0.2) is 5.78 Å². The largest absolute Gasteiger partial charge is 0.507 e. The molecule has 0 amide bonds. The van der Waals surface area contributed by atoms with E-state index in [0.29, 0.717) is 5.02 Å². The summed E-state index contributed by atoms with van der Waals surface area (Å²) >= 11 is 12.8. The second-order valence-electron chi connectivity index (χ2n) is 4.24. The lowest BCUT2D eigenvalue weighted by Gasteiger charge is -2.17. The van der Waals surface area contributed by atoms with Gasteiger partial charge in [-0.2, -0.15) is 0 Å². The topological polar surface area (TPSA) is 37.3 Å². The molecule has 0 saturated carbocycles. The number of rotatable bonds is 4. The molecule has 0 unspecified atom stereocenters. The number of phenolic OH excluding ortho intramolecular Hbond substituents is 1. The summed E-state index contributed by atoms with van der Waals surface area (Å²) in [6.45, 7) is 0. The maximum absolute atomic E-state index is 12.4. The normalized spacial score (nSPS) is 13.8. The Morgan fingerprint density at radius 1 is 1.10 bits per heavy atom. The van der Waals surface area contributed by atoms with Gasteiger partial charge in [0.1, 0.15) is 5.75 Å². The molecular weight excluding hydrogens is 407 g/mol. The van der Waals surface area contributed by atoms with Crippen molar-refractivity contribution in [2.45, 2.75) is 9.65 Å². The number of hydrogen-bond donors (Lipinski definition) is 1. The summed E-state index contributed by atoms with van der Waals surface area (Å²) in [7, 11) is 0. The van der Waals surface area contributed by atoms with Gasteiger partial charge in [-0.15, -0.1) is 0 Å².